The molecule has 0 spiro atoms. The van der Waals surface area contributed by atoms with Crippen LogP contribution in [0.3, 0.4) is 0 Å². The Hall–Kier alpha value is -1.82. The molecule has 0 saturated carbocycles. The van der Waals surface area contributed by atoms with Gasteiger partial charge in [0, 0.05) is 6.61 Å². The highest BCUT2D eigenvalue weighted by atomic mass is 16.5. The van der Waals surface area contributed by atoms with Gasteiger partial charge >= 0.3 is 0 Å². The molecule has 0 aliphatic carbocycles. The lowest BCUT2D eigenvalue weighted by Crippen LogP contribution is -2.01. The SMILES string of the molecule is CCCOC(C)c1nc(-c2ccc(C)nn2)no1. The van der Waals surface area contributed by atoms with Crippen molar-refractivity contribution in [3.8, 4) is 11.5 Å². The van der Waals surface area contributed by atoms with Crippen LogP contribution < -0.4 is 0 Å². The molecule has 0 aromatic carbocycles. The topological polar surface area (TPSA) is 73.9 Å². The summed E-state index contributed by atoms with van der Waals surface area (Å²) in [5.74, 6) is 0.894. The Kier molecular flexibility index (Phi) is 3.99. The van der Waals surface area contributed by atoms with E-state index in [1.807, 2.05) is 32.9 Å². The Bertz CT molecular complexity index is 495. The molecule has 0 aliphatic rings. The van der Waals surface area contributed by atoms with Gasteiger partial charge in [0.1, 0.15) is 11.8 Å². The van der Waals surface area contributed by atoms with Crippen molar-refractivity contribution in [2.24, 2.45) is 0 Å². The van der Waals surface area contributed by atoms with E-state index in [-0.39, 0.29) is 6.10 Å². The molecular formula is C12H16N4O2. The van der Waals surface area contributed by atoms with Crippen molar-refractivity contribution < 1.29 is 9.26 Å². The van der Waals surface area contributed by atoms with Crippen molar-refractivity contribution in [1.82, 2.24) is 20.3 Å². The first-order valence-electron chi connectivity index (χ1n) is 5.96. The van der Waals surface area contributed by atoms with Crippen molar-refractivity contribution in [2.75, 3.05) is 6.61 Å². The van der Waals surface area contributed by atoms with Crippen molar-refractivity contribution in [1.29, 1.82) is 0 Å². The van der Waals surface area contributed by atoms with Gasteiger partial charge in [0.25, 0.3) is 5.89 Å². The van der Waals surface area contributed by atoms with Crippen molar-refractivity contribution >= 4 is 0 Å². The molecule has 0 saturated heterocycles. The first kappa shape index (κ1) is 12.6. The number of nitrogens with zero attached hydrogens (tertiary/aromatic N) is 4. The van der Waals surface area contributed by atoms with Gasteiger partial charge in [-0.05, 0) is 32.4 Å². The van der Waals surface area contributed by atoms with E-state index in [1.165, 1.54) is 0 Å². The van der Waals surface area contributed by atoms with Crippen LogP contribution in [-0.2, 0) is 4.74 Å². The van der Waals surface area contributed by atoms with Gasteiger partial charge in [-0.1, -0.05) is 12.1 Å². The molecule has 6 heteroatoms. The fourth-order valence-electron chi connectivity index (χ4n) is 1.39. The van der Waals surface area contributed by atoms with Crippen LogP contribution in [0.5, 0.6) is 0 Å². The zero-order valence-corrected chi connectivity index (χ0v) is 10.8. The standard InChI is InChI=1S/C12H16N4O2/c1-4-7-17-9(3)12-13-11(16-18-12)10-6-5-8(2)14-15-10/h5-6,9H,4,7H2,1-3H3. The van der Waals surface area contributed by atoms with E-state index in [0.29, 0.717) is 24.0 Å². The molecule has 0 amide bonds. The molecule has 0 N–H and O–H groups in total. The highest BCUT2D eigenvalue weighted by Gasteiger charge is 2.16. The van der Waals surface area contributed by atoms with E-state index in [0.717, 1.165) is 12.1 Å². The van der Waals surface area contributed by atoms with Crippen LogP contribution in [0.1, 0.15) is 38.0 Å². The van der Waals surface area contributed by atoms with Crippen LogP contribution in [0.2, 0.25) is 0 Å². The van der Waals surface area contributed by atoms with E-state index in [4.69, 9.17) is 9.26 Å². The van der Waals surface area contributed by atoms with Gasteiger partial charge in [0.15, 0.2) is 0 Å². The molecule has 6 nitrogen and oxygen atoms in total. The predicted molar refractivity (Wildman–Crippen MR) is 64.7 cm³/mol. The van der Waals surface area contributed by atoms with Crippen LogP contribution in [0.25, 0.3) is 11.5 Å². The Morgan fingerprint density at radius 3 is 2.83 bits per heavy atom. The third kappa shape index (κ3) is 2.89. The second-order valence-electron chi connectivity index (χ2n) is 4.03. The van der Waals surface area contributed by atoms with Gasteiger partial charge in [-0.2, -0.15) is 10.1 Å². The van der Waals surface area contributed by atoms with Gasteiger partial charge in [-0.3, -0.25) is 0 Å². The lowest BCUT2D eigenvalue weighted by molar-refractivity contribution is 0.0433. The minimum atomic E-state index is -0.204. The van der Waals surface area contributed by atoms with Crippen LogP contribution in [-0.4, -0.2) is 26.9 Å². The van der Waals surface area contributed by atoms with E-state index < -0.39 is 0 Å². The monoisotopic (exact) mass is 248 g/mol. The maximum atomic E-state index is 5.51. The molecule has 18 heavy (non-hydrogen) atoms. The average molecular weight is 248 g/mol. The number of hydrogen-bond donors (Lipinski definition) is 0. The molecule has 2 heterocycles. The number of aryl methyl sites for hydroxylation is 1. The molecule has 1 unspecified atom stereocenters. The average Bonchev–Trinajstić information content (AvgIpc) is 2.86. The minimum absolute atomic E-state index is 0.204. The van der Waals surface area contributed by atoms with Crippen LogP contribution >= 0.6 is 0 Å². The third-order valence-electron chi connectivity index (χ3n) is 2.39. The molecular weight excluding hydrogens is 232 g/mol. The van der Waals surface area contributed by atoms with E-state index >= 15 is 0 Å². The Morgan fingerprint density at radius 1 is 1.33 bits per heavy atom. The quantitative estimate of drug-likeness (QED) is 0.808. The van der Waals surface area contributed by atoms with E-state index in [9.17, 15) is 0 Å². The molecule has 0 fully saturated rings. The number of rotatable bonds is 5. The number of hydrogen-bond acceptors (Lipinski definition) is 6. The van der Waals surface area contributed by atoms with Crippen LogP contribution in [0.4, 0.5) is 0 Å². The normalized spacial score (nSPS) is 12.6. The fraction of sp³-hybridized carbons (Fsp3) is 0.500. The summed E-state index contributed by atoms with van der Waals surface area (Å²) in [4.78, 5) is 4.26. The van der Waals surface area contributed by atoms with Gasteiger partial charge in [0.05, 0.1) is 5.69 Å². The van der Waals surface area contributed by atoms with E-state index in [1.54, 1.807) is 0 Å². The first-order chi connectivity index (χ1) is 8.70. The molecule has 2 aromatic heterocycles. The maximum absolute atomic E-state index is 5.51. The first-order valence-corrected chi connectivity index (χ1v) is 5.96. The summed E-state index contributed by atoms with van der Waals surface area (Å²) in [5, 5.41) is 11.8. The second kappa shape index (κ2) is 5.68. The zero-order chi connectivity index (χ0) is 13.0. The molecule has 0 bridgehead atoms. The molecule has 0 aliphatic heterocycles. The van der Waals surface area contributed by atoms with Gasteiger partial charge in [-0.15, -0.1) is 5.10 Å². The largest absolute Gasteiger partial charge is 0.369 e. The Morgan fingerprint density at radius 2 is 2.17 bits per heavy atom. The van der Waals surface area contributed by atoms with Crippen LogP contribution in [0.15, 0.2) is 16.7 Å². The van der Waals surface area contributed by atoms with Crippen molar-refractivity contribution in [3.63, 3.8) is 0 Å². The predicted octanol–water partition coefficient (Wildman–Crippen LogP) is 2.32. The highest BCUT2D eigenvalue weighted by Crippen LogP contribution is 2.18. The van der Waals surface area contributed by atoms with Crippen LogP contribution in [0, 0.1) is 6.92 Å². The Labute approximate surface area is 105 Å². The number of aromatic nitrogens is 4. The molecule has 0 radical (unpaired) electrons. The summed E-state index contributed by atoms with van der Waals surface area (Å²) < 4.78 is 10.7. The lowest BCUT2D eigenvalue weighted by Gasteiger charge is -2.06. The third-order valence-corrected chi connectivity index (χ3v) is 2.39. The fourth-order valence-corrected chi connectivity index (χ4v) is 1.39. The summed E-state index contributed by atoms with van der Waals surface area (Å²) in [6, 6.07) is 3.67. The summed E-state index contributed by atoms with van der Waals surface area (Å²) in [6.07, 6.45) is 0.749. The maximum Gasteiger partial charge on any atom is 0.255 e. The zero-order valence-electron chi connectivity index (χ0n) is 10.8. The number of ether oxygens (including phenoxy) is 1. The molecule has 1 atom stereocenters. The van der Waals surface area contributed by atoms with Gasteiger partial charge < -0.3 is 9.26 Å². The summed E-state index contributed by atoms with van der Waals surface area (Å²) >= 11 is 0. The minimum Gasteiger partial charge on any atom is -0.369 e. The highest BCUT2D eigenvalue weighted by molar-refractivity contribution is 5.46. The molecule has 96 valence electrons. The lowest BCUT2D eigenvalue weighted by atomic mass is 10.3. The van der Waals surface area contributed by atoms with Gasteiger partial charge in [-0.25, -0.2) is 0 Å². The summed E-state index contributed by atoms with van der Waals surface area (Å²) in [6.45, 7) is 6.48. The second-order valence-corrected chi connectivity index (χ2v) is 4.03. The molecule has 2 aromatic rings. The van der Waals surface area contributed by atoms with Crippen molar-refractivity contribution in [3.05, 3.63) is 23.7 Å². The molecule has 2 rings (SSSR count). The van der Waals surface area contributed by atoms with Gasteiger partial charge in [0.2, 0.25) is 5.82 Å². The van der Waals surface area contributed by atoms with E-state index in [2.05, 4.69) is 20.3 Å². The van der Waals surface area contributed by atoms with Crippen molar-refractivity contribution in [2.45, 2.75) is 33.3 Å². The smallest absolute Gasteiger partial charge is 0.255 e. The summed E-state index contributed by atoms with van der Waals surface area (Å²) in [7, 11) is 0. The Balaban J connectivity index is 2.12. The summed E-state index contributed by atoms with van der Waals surface area (Å²) in [5.41, 5.74) is 1.44.